The highest BCUT2D eigenvalue weighted by Crippen LogP contribution is 2.43. The van der Waals surface area contributed by atoms with Crippen LogP contribution in [0.5, 0.6) is 0 Å². The van der Waals surface area contributed by atoms with Crippen LogP contribution in [-0.4, -0.2) is 0 Å². The fourth-order valence-corrected chi connectivity index (χ4v) is 1.08. The van der Waals surface area contributed by atoms with Gasteiger partial charge in [-0.05, 0) is 0 Å². The predicted octanol–water partition coefficient (Wildman–Crippen LogP) is 3.82. The molecule has 0 bridgehead atoms. The zero-order valence-corrected chi connectivity index (χ0v) is 8.14. The van der Waals surface area contributed by atoms with E-state index >= 15 is 0 Å². The van der Waals surface area contributed by atoms with Crippen LogP contribution in [0.15, 0.2) is 30.3 Å². The molecule has 0 saturated heterocycles. The molecule has 0 nitrogen and oxygen atoms in total. The van der Waals surface area contributed by atoms with Gasteiger partial charge in [0.1, 0.15) is 0 Å². The van der Waals surface area contributed by atoms with E-state index in [-0.39, 0.29) is 5.56 Å². The summed E-state index contributed by atoms with van der Waals surface area (Å²) in [5.41, 5.74) is -0.948. The van der Waals surface area contributed by atoms with Crippen LogP contribution in [0.4, 0.5) is 8.78 Å². The number of alkyl halides is 2. The second kappa shape index (κ2) is 3.09. The highest BCUT2D eigenvalue weighted by Gasteiger charge is 2.44. The molecule has 0 radical (unpaired) electrons. The largest absolute Gasteiger partial charge is 0.277 e. The van der Waals surface area contributed by atoms with Crippen molar-refractivity contribution >= 4 is 0 Å². The maximum Gasteiger partial charge on any atom is 0.277 e. The van der Waals surface area contributed by atoms with Gasteiger partial charge in [-0.1, -0.05) is 51.1 Å². The average Bonchev–Trinajstić information content (AvgIpc) is 2.04. The van der Waals surface area contributed by atoms with E-state index in [1.165, 1.54) is 12.1 Å². The van der Waals surface area contributed by atoms with Crippen molar-refractivity contribution in [3.63, 3.8) is 0 Å². The summed E-state index contributed by atoms with van der Waals surface area (Å²) in [5.74, 6) is -2.77. The van der Waals surface area contributed by atoms with Crippen molar-refractivity contribution in [2.45, 2.75) is 26.7 Å². The van der Waals surface area contributed by atoms with Gasteiger partial charge < -0.3 is 0 Å². The van der Waals surface area contributed by atoms with Crippen molar-refractivity contribution in [2.24, 2.45) is 5.41 Å². The van der Waals surface area contributed by atoms with Crippen molar-refractivity contribution in [3.8, 4) is 0 Å². The van der Waals surface area contributed by atoms with Crippen molar-refractivity contribution in [1.29, 1.82) is 0 Å². The van der Waals surface area contributed by atoms with Crippen LogP contribution in [-0.2, 0) is 5.92 Å². The van der Waals surface area contributed by atoms with Crippen LogP contribution in [0.3, 0.4) is 0 Å². The monoisotopic (exact) mass is 184 g/mol. The van der Waals surface area contributed by atoms with Crippen LogP contribution >= 0.6 is 0 Å². The van der Waals surface area contributed by atoms with Gasteiger partial charge in [0.25, 0.3) is 5.92 Å². The molecule has 0 fully saturated rings. The lowest BCUT2D eigenvalue weighted by Gasteiger charge is -2.30. The van der Waals surface area contributed by atoms with Crippen LogP contribution in [0, 0.1) is 5.41 Å². The Morgan fingerprint density at radius 1 is 0.923 bits per heavy atom. The molecule has 1 aromatic carbocycles. The van der Waals surface area contributed by atoms with Gasteiger partial charge in [0, 0.05) is 11.0 Å². The molecule has 1 aromatic rings. The molecule has 1 rings (SSSR count). The average molecular weight is 184 g/mol. The van der Waals surface area contributed by atoms with Crippen molar-refractivity contribution in [1.82, 2.24) is 0 Å². The summed E-state index contributed by atoms with van der Waals surface area (Å²) in [4.78, 5) is 0. The minimum Gasteiger partial charge on any atom is -0.201 e. The quantitative estimate of drug-likeness (QED) is 0.622. The summed E-state index contributed by atoms with van der Waals surface area (Å²) in [6.07, 6.45) is 0. The van der Waals surface area contributed by atoms with Crippen LogP contribution in [0.25, 0.3) is 0 Å². The summed E-state index contributed by atoms with van der Waals surface area (Å²) in [6, 6.07) is 7.93. The first-order chi connectivity index (χ1) is 5.86. The smallest absolute Gasteiger partial charge is 0.201 e. The molecule has 13 heavy (non-hydrogen) atoms. The highest BCUT2D eigenvalue weighted by atomic mass is 19.3. The Bertz CT molecular complexity index is 270. The number of hydrogen-bond donors (Lipinski definition) is 0. The topological polar surface area (TPSA) is 0 Å². The summed E-state index contributed by atoms with van der Waals surface area (Å²) in [7, 11) is 0. The Labute approximate surface area is 77.6 Å². The normalized spacial score (nSPS) is 13.0. The fourth-order valence-electron chi connectivity index (χ4n) is 1.08. The molecule has 0 heterocycles. The van der Waals surface area contributed by atoms with Gasteiger partial charge in [-0.25, -0.2) is 8.78 Å². The van der Waals surface area contributed by atoms with Gasteiger partial charge in [0.2, 0.25) is 0 Å². The number of halogens is 2. The molecule has 0 aliphatic rings. The van der Waals surface area contributed by atoms with E-state index < -0.39 is 11.3 Å². The SMILES string of the molecule is CC(C)(C)C(F)(F)c1ccccc1. The summed E-state index contributed by atoms with van der Waals surface area (Å²) >= 11 is 0. The summed E-state index contributed by atoms with van der Waals surface area (Å²) in [5, 5.41) is 0. The van der Waals surface area contributed by atoms with E-state index in [0.29, 0.717) is 0 Å². The molecule has 0 unspecified atom stereocenters. The van der Waals surface area contributed by atoms with Crippen LogP contribution in [0.2, 0.25) is 0 Å². The lowest BCUT2D eigenvalue weighted by molar-refractivity contribution is -0.104. The molecule has 0 atom stereocenters. The Hall–Kier alpha value is -0.920. The van der Waals surface area contributed by atoms with E-state index in [4.69, 9.17) is 0 Å². The molecule has 0 aliphatic carbocycles. The van der Waals surface area contributed by atoms with Gasteiger partial charge in [-0.15, -0.1) is 0 Å². The van der Waals surface area contributed by atoms with Gasteiger partial charge in [0.15, 0.2) is 0 Å². The standard InChI is InChI=1S/C11H14F2/c1-10(2,3)11(12,13)9-7-5-4-6-8-9/h4-8H,1-3H3. The van der Waals surface area contributed by atoms with Crippen LogP contribution < -0.4 is 0 Å². The fraction of sp³-hybridized carbons (Fsp3) is 0.455. The first-order valence-corrected chi connectivity index (χ1v) is 4.29. The molecular weight excluding hydrogens is 170 g/mol. The molecule has 72 valence electrons. The zero-order chi connectivity index (χ0) is 10.1. The maximum absolute atomic E-state index is 13.7. The van der Waals surface area contributed by atoms with Gasteiger partial charge >= 0.3 is 0 Å². The Kier molecular flexibility index (Phi) is 2.42. The Morgan fingerprint density at radius 2 is 1.38 bits per heavy atom. The minimum atomic E-state index is -2.77. The molecule has 0 saturated carbocycles. The molecule has 0 amide bonds. The Morgan fingerprint density at radius 3 is 1.77 bits per heavy atom. The van der Waals surface area contributed by atoms with E-state index in [1.54, 1.807) is 39.0 Å². The Balaban J connectivity index is 3.08. The first kappa shape index (κ1) is 10.2. The predicted molar refractivity (Wildman–Crippen MR) is 49.8 cm³/mol. The lowest BCUT2D eigenvalue weighted by atomic mass is 9.84. The molecule has 0 spiro atoms. The van der Waals surface area contributed by atoms with Gasteiger partial charge in [-0.2, -0.15) is 0 Å². The third kappa shape index (κ3) is 1.87. The molecular formula is C11H14F2. The first-order valence-electron chi connectivity index (χ1n) is 4.29. The maximum atomic E-state index is 13.7. The molecule has 0 aromatic heterocycles. The number of hydrogen-bond acceptors (Lipinski definition) is 0. The van der Waals surface area contributed by atoms with E-state index in [2.05, 4.69) is 0 Å². The minimum absolute atomic E-state index is 0.0856. The van der Waals surface area contributed by atoms with E-state index in [9.17, 15) is 8.78 Å². The van der Waals surface area contributed by atoms with E-state index in [0.717, 1.165) is 0 Å². The third-order valence-electron chi connectivity index (χ3n) is 2.08. The second-order valence-electron chi connectivity index (χ2n) is 4.19. The third-order valence-corrected chi connectivity index (χ3v) is 2.08. The molecule has 0 N–H and O–H groups in total. The number of benzene rings is 1. The van der Waals surface area contributed by atoms with Crippen LogP contribution in [0.1, 0.15) is 26.3 Å². The summed E-state index contributed by atoms with van der Waals surface area (Å²) < 4.78 is 27.3. The zero-order valence-electron chi connectivity index (χ0n) is 8.14. The lowest BCUT2D eigenvalue weighted by Crippen LogP contribution is -2.30. The second-order valence-corrected chi connectivity index (χ2v) is 4.19. The van der Waals surface area contributed by atoms with Crippen molar-refractivity contribution in [2.75, 3.05) is 0 Å². The van der Waals surface area contributed by atoms with Crippen molar-refractivity contribution < 1.29 is 8.78 Å². The highest BCUT2D eigenvalue weighted by molar-refractivity contribution is 5.21. The van der Waals surface area contributed by atoms with Crippen molar-refractivity contribution in [3.05, 3.63) is 35.9 Å². The van der Waals surface area contributed by atoms with Gasteiger partial charge in [0.05, 0.1) is 0 Å². The molecule has 2 heteroatoms. The van der Waals surface area contributed by atoms with E-state index in [1.807, 2.05) is 0 Å². The summed E-state index contributed by atoms with van der Waals surface area (Å²) in [6.45, 7) is 4.62. The molecule has 0 aliphatic heterocycles. The van der Waals surface area contributed by atoms with Gasteiger partial charge in [-0.3, -0.25) is 0 Å². The number of rotatable bonds is 1.